The molecular weight excluding hydrogens is 220 g/mol. The highest BCUT2D eigenvalue weighted by Crippen LogP contribution is 2.26. The van der Waals surface area contributed by atoms with Crippen LogP contribution in [-0.4, -0.2) is 18.0 Å². The third-order valence-electron chi connectivity index (χ3n) is 2.40. The maximum atomic E-state index is 11.8. The molecule has 0 bridgehead atoms. The van der Waals surface area contributed by atoms with E-state index in [9.17, 15) is 9.90 Å². The van der Waals surface area contributed by atoms with E-state index in [1.807, 2.05) is 0 Å². The van der Waals surface area contributed by atoms with Crippen LogP contribution in [0.3, 0.4) is 0 Å². The first-order valence-corrected chi connectivity index (χ1v) is 5.13. The average Bonchev–Trinajstić information content (AvgIpc) is 2.85. The first kappa shape index (κ1) is 11.3. The van der Waals surface area contributed by atoms with Gasteiger partial charge in [-0.25, -0.2) is 0 Å². The van der Waals surface area contributed by atoms with Crippen molar-refractivity contribution in [2.45, 2.75) is 6.42 Å². The molecule has 0 unspecified atom stereocenters. The van der Waals surface area contributed by atoms with E-state index in [2.05, 4.69) is 0 Å². The summed E-state index contributed by atoms with van der Waals surface area (Å²) in [4.78, 5) is 11.8. The summed E-state index contributed by atoms with van der Waals surface area (Å²) >= 11 is 0. The zero-order valence-electron chi connectivity index (χ0n) is 9.34. The molecule has 0 saturated carbocycles. The van der Waals surface area contributed by atoms with Crippen LogP contribution in [0.5, 0.6) is 11.5 Å². The normalized spacial score (nSPS) is 10.2. The van der Waals surface area contributed by atoms with Gasteiger partial charge in [0.2, 0.25) is 5.78 Å². The lowest BCUT2D eigenvalue weighted by Gasteiger charge is -2.05. The van der Waals surface area contributed by atoms with Crippen molar-refractivity contribution in [2.75, 3.05) is 7.11 Å². The Labute approximate surface area is 98.4 Å². The Balaban J connectivity index is 2.16. The molecule has 0 amide bonds. The monoisotopic (exact) mass is 232 g/mol. The minimum absolute atomic E-state index is 0.0571. The molecule has 0 aliphatic carbocycles. The van der Waals surface area contributed by atoms with Gasteiger partial charge in [0.15, 0.2) is 17.3 Å². The first-order chi connectivity index (χ1) is 8.20. The number of hydrogen-bond donors (Lipinski definition) is 1. The molecule has 4 heteroatoms. The van der Waals surface area contributed by atoms with Crippen molar-refractivity contribution in [2.24, 2.45) is 0 Å². The van der Waals surface area contributed by atoms with E-state index in [-0.39, 0.29) is 18.0 Å². The molecule has 4 nitrogen and oxygen atoms in total. The number of aromatic hydroxyl groups is 1. The average molecular weight is 232 g/mol. The summed E-state index contributed by atoms with van der Waals surface area (Å²) in [7, 11) is 1.47. The molecule has 0 saturated heterocycles. The van der Waals surface area contributed by atoms with Crippen molar-refractivity contribution in [3.8, 4) is 11.5 Å². The fourth-order valence-electron chi connectivity index (χ4n) is 1.54. The van der Waals surface area contributed by atoms with Crippen molar-refractivity contribution >= 4 is 5.78 Å². The molecule has 0 fully saturated rings. The molecule has 2 rings (SSSR count). The molecule has 0 radical (unpaired) electrons. The summed E-state index contributed by atoms with van der Waals surface area (Å²) < 4.78 is 9.99. The first-order valence-electron chi connectivity index (χ1n) is 5.13. The number of Topliss-reactive ketones (excluding diaryl/α,β-unsaturated/α-hetero) is 1. The number of furan rings is 1. The number of methoxy groups -OCH3 is 1. The van der Waals surface area contributed by atoms with Gasteiger partial charge in [-0.2, -0.15) is 0 Å². The minimum Gasteiger partial charge on any atom is -0.504 e. The van der Waals surface area contributed by atoms with Crippen molar-refractivity contribution in [3.05, 3.63) is 47.9 Å². The number of benzene rings is 1. The molecule has 2 aromatic rings. The molecule has 1 aromatic heterocycles. The molecule has 0 spiro atoms. The van der Waals surface area contributed by atoms with Crippen LogP contribution in [0.15, 0.2) is 41.0 Å². The van der Waals surface area contributed by atoms with Gasteiger partial charge in [0, 0.05) is 6.42 Å². The van der Waals surface area contributed by atoms with Gasteiger partial charge >= 0.3 is 0 Å². The maximum Gasteiger partial charge on any atom is 0.202 e. The topological polar surface area (TPSA) is 59.7 Å². The minimum atomic E-state index is -0.109. The Hall–Kier alpha value is -2.23. The molecular formula is C13H12O4. The Morgan fingerprint density at radius 1 is 1.41 bits per heavy atom. The Morgan fingerprint density at radius 3 is 2.88 bits per heavy atom. The summed E-state index contributed by atoms with van der Waals surface area (Å²) in [5.41, 5.74) is 0.765. The molecule has 1 heterocycles. The van der Waals surface area contributed by atoms with E-state index < -0.39 is 0 Å². The molecule has 1 N–H and O–H groups in total. The van der Waals surface area contributed by atoms with Gasteiger partial charge in [-0.3, -0.25) is 4.79 Å². The van der Waals surface area contributed by atoms with E-state index >= 15 is 0 Å². The lowest BCUT2D eigenvalue weighted by molar-refractivity contribution is 0.0966. The summed E-state index contributed by atoms with van der Waals surface area (Å²) in [5.74, 6) is 0.635. The van der Waals surface area contributed by atoms with Crippen molar-refractivity contribution < 1.29 is 19.1 Å². The van der Waals surface area contributed by atoms with Crippen LogP contribution in [0.1, 0.15) is 16.1 Å². The van der Waals surface area contributed by atoms with E-state index in [0.717, 1.165) is 5.56 Å². The number of ether oxygens (including phenoxy) is 1. The number of rotatable bonds is 4. The van der Waals surface area contributed by atoms with Gasteiger partial charge in [0.1, 0.15) is 0 Å². The van der Waals surface area contributed by atoms with Crippen LogP contribution in [0.2, 0.25) is 0 Å². The molecule has 0 aliphatic heterocycles. The quantitative estimate of drug-likeness (QED) is 0.822. The summed E-state index contributed by atoms with van der Waals surface area (Å²) in [6.07, 6.45) is 1.68. The zero-order chi connectivity index (χ0) is 12.3. The van der Waals surface area contributed by atoms with Crippen LogP contribution in [0, 0.1) is 0 Å². The fraction of sp³-hybridized carbons (Fsp3) is 0.154. The van der Waals surface area contributed by atoms with E-state index in [4.69, 9.17) is 9.15 Å². The van der Waals surface area contributed by atoms with Crippen LogP contribution in [-0.2, 0) is 6.42 Å². The maximum absolute atomic E-state index is 11.8. The molecule has 0 aliphatic rings. The number of phenolic OH excluding ortho intramolecular Hbond substituents is 1. The van der Waals surface area contributed by atoms with Gasteiger partial charge < -0.3 is 14.3 Å². The second-order valence-corrected chi connectivity index (χ2v) is 3.58. The van der Waals surface area contributed by atoms with Crippen molar-refractivity contribution in [3.63, 3.8) is 0 Å². The highest BCUT2D eigenvalue weighted by atomic mass is 16.5. The smallest absolute Gasteiger partial charge is 0.202 e. The second kappa shape index (κ2) is 4.74. The van der Waals surface area contributed by atoms with Gasteiger partial charge in [-0.05, 0) is 29.8 Å². The van der Waals surface area contributed by atoms with Gasteiger partial charge in [-0.15, -0.1) is 0 Å². The van der Waals surface area contributed by atoms with Crippen LogP contribution < -0.4 is 4.74 Å². The SMILES string of the molecule is COc1cc(CC(=O)c2ccco2)ccc1O. The fourth-order valence-corrected chi connectivity index (χ4v) is 1.54. The van der Waals surface area contributed by atoms with Crippen molar-refractivity contribution in [1.82, 2.24) is 0 Å². The van der Waals surface area contributed by atoms with E-state index in [0.29, 0.717) is 11.5 Å². The predicted molar refractivity (Wildman–Crippen MR) is 61.4 cm³/mol. The lowest BCUT2D eigenvalue weighted by Crippen LogP contribution is -2.02. The lowest BCUT2D eigenvalue weighted by atomic mass is 10.1. The number of hydrogen-bond acceptors (Lipinski definition) is 4. The summed E-state index contributed by atoms with van der Waals surface area (Å²) in [5, 5.41) is 9.42. The highest BCUT2D eigenvalue weighted by molar-refractivity contribution is 5.95. The summed E-state index contributed by atoms with van der Waals surface area (Å²) in [6, 6.07) is 8.11. The summed E-state index contributed by atoms with van der Waals surface area (Å²) in [6.45, 7) is 0. The third-order valence-corrected chi connectivity index (χ3v) is 2.40. The predicted octanol–water partition coefficient (Wildman–Crippen LogP) is 2.42. The van der Waals surface area contributed by atoms with E-state index in [1.165, 1.54) is 19.4 Å². The molecule has 0 atom stereocenters. The third kappa shape index (κ3) is 2.47. The number of phenols is 1. The Kier molecular flexibility index (Phi) is 3.14. The van der Waals surface area contributed by atoms with Crippen LogP contribution in [0.25, 0.3) is 0 Å². The van der Waals surface area contributed by atoms with Gasteiger partial charge in [0.25, 0.3) is 0 Å². The van der Waals surface area contributed by atoms with Crippen LogP contribution >= 0.6 is 0 Å². The Morgan fingerprint density at radius 2 is 2.24 bits per heavy atom. The number of ketones is 1. The molecule has 1 aromatic carbocycles. The molecule has 88 valence electrons. The highest BCUT2D eigenvalue weighted by Gasteiger charge is 2.11. The van der Waals surface area contributed by atoms with Gasteiger partial charge in [-0.1, -0.05) is 6.07 Å². The molecule has 17 heavy (non-hydrogen) atoms. The number of carbonyl (C=O) groups is 1. The van der Waals surface area contributed by atoms with Gasteiger partial charge in [0.05, 0.1) is 13.4 Å². The standard InChI is InChI=1S/C13H12O4/c1-16-13-8-9(4-5-10(13)14)7-11(15)12-3-2-6-17-12/h2-6,8,14H,7H2,1H3. The zero-order valence-corrected chi connectivity index (χ0v) is 9.34. The Bertz CT molecular complexity index is 514. The van der Waals surface area contributed by atoms with E-state index in [1.54, 1.807) is 24.3 Å². The van der Waals surface area contributed by atoms with Crippen molar-refractivity contribution in [1.29, 1.82) is 0 Å². The van der Waals surface area contributed by atoms with Crippen LogP contribution in [0.4, 0.5) is 0 Å². The largest absolute Gasteiger partial charge is 0.504 e. The number of carbonyl (C=O) groups excluding carboxylic acids is 1. The second-order valence-electron chi connectivity index (χ2n) is 3.58.